The van der Waals surface area contributed by atoms with Crippen molar-refractivity contribution in [3.63, 3.8) is 0 Å². The van der Waals surface area contributed by atoms with E-state index in [-0.39, 0.29) is 11.8 Å². The fourth-order valence-electron chi connectivity index (χ4n) is 4.29. The van der Waals surface area contributed by atoms with Crippen LogP contribution in [0.3, 0.4) is 0 Å². The van der Waals surface area contributed by atoms with Gasteiger partial charge in [-0.05, 0) is 54.2 Å². The van der Waals surface area contributed by atoms with E-state index in [9.17, 15) is 4.79 Å². The van der Waals surface area contributed by atoms with Crippen molar-refractivity contribution in [1.82, 2.24) is 25.5 Å². The molecule has 1 N–H and O–H groups in total. The number of rotatable bonds is 4. The Bertz CT molecular complexity index is 753. The maximum Gasteiger partial charge on any atom is 0.250 e. The van der Waals surface area contributed by atoms with Crippen molar-refractivity contribution in [3.05, 3.63) is 30.3 Å². The number of carbonyl (C=O) groups excluding carboxylic acids is 1. The number of benzene rings is 1. The Morgan fingerprint density at radius 1 is 1.07 bits per heavy atom. The van der Waals surface area contributed by atoms with Gasteiger partial charge in [0.25, 0.3) is 0 Å². The van der Waals surface area contributed by atoms with Gasteiger partial charge in [-0.15, -0.1) is 0 Å². The molecule has 2 aromatic rings. The van der Waals surface area contributed by atoms with Gasteiger partial charge in [0.2, 0.25) is 11.9 Å². The number of nitrogens with one attached hydrogen (secondary N) is 1. The number of nitrogens with zero attached hydrogens (tertiary/aromatic N) is 5. The van der Waals surface area contributed by atoms with Gasteiger partial charge in [-0.1, -0.05) is 43.1 Å². The van der Waals surface area contributed by atoms with Gasteiger partial charge in [-0.3, -0.25) is 4.79 Å². The Hall–Kier alpha value is -2.44. The third kappa shape index (κ3) is 3.96. The Balaban J connectivity index is 1.36. The minimum Gasteiger partial charge on any atom is -0.353 e. The smallest absolute Gasteiger partial charge is 0.250 e. The van der Waals surface area contributed by atoms with Crippen LogP contribution in [0.1, 0.15) is 45.4 Å². The molecular formula is C20H28N6O. The first-order valence-electron chi connectivity index (χ1n) is 10.1. The molecule has 0 radical (unpaired) electrons. The van der Waals surface area contributed by atoms with E-state index in [0.717, 1.165) is 44.0 Å². The number of aromatic nitrogens is 4. The summed E-state index contributed by atoms with van der Waals surface area (Å²) in [6.07, 6.45) is 6.56. The zero-order chi connectivity index (χ0) is 18.6. The first-order valence-corrected chi connectivity index (χ1v) is 10.1. The Kier molecular flexibility index (Phi) is 5.36. The number of piperidine rings is 1. The van der Waals surface area contributed by atoms with Crippen molar-refractivity contribution >= 4 is 11.9 Å². The summed E-state index contributed by atoms with van der Waals surface area (Å²) < 4.78 is 1.77. The quantitative estimate of drug-likeness (QED) is 0.898. The van der Waals surface area contributed by atoms with Crippen LogP contribution in [0.2, 0.25) is 0 Å². The molecule has 1 aliphatic heterocycles. The van der Waals surface area contributed by atoms with Gasteiger partial charge in [-0.2, -0.15) is 4.68 Å². The second-order valence-electron chi connectivity index (χ2n) is 7.86. The van der Waals surface area contributed by atoms with Gasteiger partial charge >= 0.3 is 0 Å². The molecule has 1 amide bonds. The van der Waals surface area contributed by atoms with Crippen LogP contribution in [-0.4, -0.2) is 45.2 Å². The van der Waals surface area contributed by atoms with Crippen molar-refractivity contribution in [2.45, 2.75) is 51.5 Å². The summed E-state index contributed by atoms with van der Waals surface area (Å²) in [5.74, 6) is 1.67. The lowest BCUT2D eigenvalue weighted by molar-refractivity contribution is -0.126. The Morgan fingerprint density at radius 3 is 2.56 bits per heavy atom. The summed E-state index contributed by atoms with van der Waals surface area (Å²) in [5.41, 5.74) is 0.948. The van der Waals surface area contributed by atoms with Crippen molar-refractivity contribution in [3.8, 4) is 5.69 Å². The SMILES string of the molecule is C[C@@H]1CCCC[C@H]1NC(=O)C1CCN(c2nnnn2-c2ccccc2)CC1. The highest BCUT2D eigenvalue weighted by Crippen LogP contribution is 2.26. The van der Waals surface area contributed by atoms with E-state index in [1.165, 1.54) is 19.3 Å². The first kappa shape index (κ1) is 17.9. The number of tetrazole rings is 1. The average Bonchev–Trinajstić information content (AvgIpc) is 3.20. The van der Waals surface area contributed by atoms with Gasteiger partial charge < -0.3 is 10.2 Å². The number of anilines is 1. The highest BCUT2D eigenvalue weighted by atomic mass is 16.2. The maximum absolute atomic E-state index is 12.7. The van der Waals surface area contributed by atoms with E-state index >= 15 is 0 Å². The molecule has 27 heavy (non-hydrogen) atoms. The molecule has 1 saturated carbocycles. The molecule has 144 valence electrons. The van der Waals surface area contributed by atoms with Crippen molar-refractivity contribution in [2.75, 3.05) is 18.0 Å². The summed E-state index contributed by atoms with van der Waals surface area (Å²) in [5, 5.41) is 15.5. The van der Waals surface area contributed by atoms with Crippen molar-refractivity contribution in [2.24, 2.45) is 11.8 Å². The minimum absolute atomic E-state index is 0.0939. The molecule has 1 saturated heterocycles. The summed E-state index contributed by atoms with van der Waals surface area (Å²) in [6, 6.07) is 10.3. The fraction of sp³-hybridized carbons (Fsp3) is 0.600. The van der Waals surface area contributed by atoms with Gasteiger partial charge in [0.1, 0.15) is 0 Å². The van der Waals surface area contributed by atoms with Crippen molar-refractivity contribution in [1.29, 1.82) is 0 Å². The molecule has 0 bridgehead atoms. The van der Waals surface area contributed by atoms with E-state index in [0.29, 0.717) is 12.0 Å². The second kappa shape index (κ2) is 8.06. The molecule has 2 atom stereocenters. The summed E-state index contributed by atoms with van der Waals surface area (Å²) >= 11 is 0. The number of carbonyl (C=O) groups is 1. The lowest BCUT2D eigenvalue weighted by Gasteiger charge is -2.34. The lowest BCUT2D eigenvalue weighted by atomic mass is 9.85. The van der Waals surface area contributed by atoms with Crippen molar-refractivity contribution < 1.29 is 4.79 Å². The van der Waals surface area contributed by atoms with E-state index in [4.69, 9.17) is 0 Å². The van der Waals surface area contributed by atoms with Gasteiger partial charge in [0, 0.05) is 25.0 Å². The van der Waals surface area contributed by atoms with Crippen LogP contribution in [0.25, 0.3) is 5.69 Å². The summed E-state index contributed by atoms with van der Waals surface area (Å²) in [7, 11) is 0. The normalized spacial score (nSPS) is 24.0. The second-order valence-corrected chi connectivity index (χ2v) is 7.86. The predicted molar refractivity (Wildman–Crippen MR) is 104 cm³/mol. The van der Waals surface area contributed by atoms with Crippen LogP contribution >= 0.6 is 0 Å². The van der Waals surface area contributed by atoms with E-state index < -0.39 is 0 Å². The molecule has 2 heterocycles. The topological polar surface area (TPSA) is 75.9 Å². The molecule has 4 rings (SSSR count). The van der Waals surface area contributed by atoms with Crippen LogP contribution in [-0.2, 0) is 4.79 Å². The van der Waals surface area contributed by atoms with Crippen LogP contribution in [0.5, 0.6) is 0 Å². The highest BCUT2D eigenvalue weighted by molar-refractivity contribution is 5.79. The monoisotopic (exact) mass is 368 g/mol. The Morgan fingerprint density at radius 2 is 1.81 bits per heavy atom. The molecule has 2 fully saturated rings. The minimum atomic E-state index is 0.0939. The van der Waals surface area contributed by atoms with E-state index in [2.05, 4.69) is 32.7 Å². The number of hydrogen-bond donors (Lipinski definition) is 1. The van der Waals surface area contributed by atoms with Crippen LogP contribution in [0.15, 0.2) is 30.3 Å². The molecular weight excluding hydrogens is 340 g/mol. The summed E-state index contributed by atoms with van der Waals surface area (Å²) in [6.45, 7) is 3.85. The molecule has 1 aromatic heterocycles. The van der Waals surface area contributed by atoms with Gasteiger partial charge in [-0.25, -0.2) is 0 Å². The molecule has 1 aromatic carbocycles. The molecule has 7 heteroatoms. The Labute approximate surface area is 160 Å². The van der Waals surface area contributed by atoms with Crippen LogP contribution in [0, 0.1) is 11.8 Å². The maximum atomic E-state index is 12.7. The van der Waals surface area contributed by atoms with E-state index in [1.807, 2.05) is 30.3 Å². The third-order valence-corrected chi connectivity index (χ3v) is 6.04. The van der Waals surface area contributed by atoms with E-state index in [1.54, 1.807) is 4.68 Å². The zero-order valence-corrected chi connectivity index (χ0v) is 15.9. The third-order valence-electron chi connectivity index (χ3n) is 6.04. The fourth-order valence-corrected chi connectivity index (χ4v) is 4.29. The number of hydrogen-bond acceptors (Lipinski definition) is 5. The van der Waals surface area contributed by atoms with Gasteiger partial charge in [0.05, 0.1) is 5.69 Å². The molecule has 0 unspecified atom stereocenters. The molecule has 1 aliphatic carbocycles. The number of amides is 1. The first-order chi connectivity index (χ1) is 13.2. The average molecular weight is 368 g/mol. The summed E-state index contributed by atoms with van der Waals surface area (Å²) in [4.78, 5) is 14.9. The van der Waals surface area contributed by atoms with Crippen LogP contribution < -0.4 is 10.2 Å². The number of para-hydroxylation sites is 1. The van der Waals surface area contributed by atoms with Gasteiger partial charge in [0.15, 0.2) is 0 Å². The zero-order valence-electron chi connectivity index (χ0n) is 15.9. The van der Waals surface area contributed by atoms with Crippen LogP contribution in [0.4, 0.5) is 5.95 Å². The largest absolute Gasteiger partial charge is 0.353 e. The molecule has 7 nitrogen and oxygen atoms in total. The predicted octanol–water partition coefficient (Wildman–Crippen LogP) is 2.57. The standard InChI is InChI=1S/C20H28N6O/c1-15-7-5-6-10-18(15)21-19(27)16-11-13-25(14-12-16)20-22-23-24-26(20)17-8-3-2-4-9-17/h2-4,8-9,15-16,18H,5-7,10-14H2,1H3,(H,21,27)/t15-,18-/m1/s1. The molecule has 0 spiro atoms. The molecule has 2 aliphatic rings. The lowest BCUT2D eigenvalue weighted by Crippen LogP contribution is -2.47. The highest BCUT2D eigenvalue weighted by Gasteiger charge is 2.30.